The van der Waals surface area contributed by atoms with Crippen molar-refractivity contribution >= 4 is 52.1 Å². The van der Waals surface area contributed by atoms with Gasteiger partial charge in [-0.1, -0.05) is 12.2 Å². The van der Waals surface area contributed by atoms with Gasteiger partial charge in [-0.15, -0.1) is 0 Å². The quantitative estimate of drug-likeness (QED) is 0.0705. The second kappa shape index (κ2) is 17.2. The predicted molar refractivity (Wildman–Crippen MR) is 212 cm³/mol. The van der Waals surface area contributed by atoms with Gasteiger partial charge < -0.3 is 34.6 Å². The van der Waals surface area contributed by atoms with Gasteiger partial charge in [0.25, 0.3) is 5.91 Å². The van der Waals surface area contributed by atoms with Crippen molar-refractivity contribution in [3.05, 3.63) is 65.0 Å². The fourth-order valence-electron chi connectivity index (χ4n) is 7.07. The minimum absolute atomic E-state index is 0.253. The molecule has 4 heterocycles. The van der Waals surface area contributed by atoms with Crippen LogP contribution in [0.4, 0.5) is 11.9 Å². The Morgan fingerprint density at radius 1 is 0.945 bits per heavy atom. The monoisotopic (exact) mass is 753 g/mol. The number of hydrogen-bond acceptors (Lipinski definition) is 11. The molecule has 5 aromatic rings. The van der Waals surface area contributed by atoms with Crippen LogP contribution in [0, 0.1) is 6.92 Å². The summed E-state index contributed by atoms with van der Waals surface area (Å²) in [6.45, 7) is 14.8. The molecule has 1 fully saturated rings. The van der Waals surface area contributed by atoms with Crippen LogP contribution in [-0.4, -0.2) is 116 Å². The summed E-state index contributed by atoms with van der Waals surface area (Å²) in [6.07, 6.45) is 5.48. The van der Waals surface area contributed by atoms with Crippen molar-refractivity contribution < 1.29 is 23.9 Å². The fourth-order valence-corrected chi connectivity index (χ4v) is 7.07. The van der Waals surface area contributed by atoms with E-state index in [1.54, 1.807) is 49.2 Å². The Bertz CT molecular complexity index is 2210. The Balaban J connectivity index is 1.31. The van der Waals surface area contributed by atoms with E-state index in [1.165, 1.54) is 0 Å². The first-order chi connectivity index (χ1) is 26.5. The number of benzene rings is 2. The number of methoxy groups -OCH3 is 1. The largest absolute Gasteiger partial charge is 0.494 e. The summed E-state index contributed by atoms with van der Waals surface area (Å²) in [5.74, 6) is 0.859. The molecule has 0 aliphatic carbocycles. The number of ether oxygens (including phenoxy) is 2. The minimum Gasteiger partial charge on any atom is -0.494 e. The molecule has 16 nitrogen and oxygen atoms in total. The molecule has 0 unspecified atom stereocenters. The standard InChI is InChI=1S/C39H51N11O5/c1-7-50-31(19-26(4)45-50)37(53)44-39-43-30-22-28(36(40)52)23-33(55-18-10-11-46-14-16-47(17-15-46)25(2)3)35(30)49(39)13-9-8-12-48-34-29(42-38(48)41-5)20-27(24-51)21-32(34)54-6/h8-9,19-25H,7,10-18H2,1-6H3,(H2,40,52)(H,41,42)(H,43,44,53)/b9-8+. The van der Waals surface area contributed by atoms with Crippen molar-refractivity contribution in [1.82, 2.24) is 38.7 Å². The molecule has 4 N–H and O–H groups in total. The van der Waals surface area contributed by atoms with Gasteiger partial charge in [-0.2, -0.15) is 5.10 Å². The van der Waals surface area contributed by atoms with Crippen LogP contribution in [0.2, 0.25) is 0 Å². The number of anilines is 2. The number of aryl methyl sites for hydroxylation is 2. The molecule has 1 aliphatic rings. The highest BCUT2D eigenvalue weighted by Crippen LogP contribution is 2.33. The summed E-state index contributed by atoms with van der Waals surface area (Å²) in [5, 5.41) is 10.6. The summed E-state index contributed by atoms with van der Waals surface area (Å²) in [6, 6.07) is 8.94. The maximum absolute atomic E-state index is 13.7. The Hall–Kier alpha value is -5.74. The van der Waals surface area contributed by atoms with Crippen LogP contribution in [0.3, 0.4) is 0 Å². The average Bonchev–Trinajstić information content (AvgIpc) is 3.86. The van der Waals surface area contributed by atoms with Crippen LogP contribution < -0.4 is 25.8 Å². The number of carbonyl (C=O) groups excluding carboxylic acids is 3. The third-order valence-corrected chi connectivity index (χ3v) is 9.92. The van der Waals surface area contributed by atoms with E-state index in [2.05, 4.69) is 44.4 Å². The lowest BCUT2D eigenvalue weighted by Gasteiger charge is -2.36. The number of aromatic nitrogens is 6. The zero-order valence-electron chi connectivity index (χ0n) is 32.5. The first-order valence-corrected chi connectivity index (χ1v) is 18.7. The van der Waals surface area contributed by atoms with Gasteiger partial charge in [0.05, 0.1) is 30.4 Å². The molecular formula is C39H51N11O5. The Morgan fingerprint density at radius 2 is 1.62 bits per heavy atom. The molecule has 2 aromatic carbocycles. The summed E-state index contributed by atoms with van der Waals surface area (Å²) in [4.78, 5) is 52.1. The van der Waals surface area contributed by atoms with Crippen molar-refractivity contribution in [2.75, 3.05) is 64.1 Å². The second-order valence-corrected chi connectivity index (χ2v) is 13.8. The molecular weight excluding hydrogens is 703 g/mol. The molecule has 0 radical (unpaired) electrons. The van der Waals surface area contributed by atoms with E-state index in [-0.39, 0.29) is 17.4 Å². The van der Waals surface area contributed by atoms with Crippen LogP contribution in [0.1, 0.15) is 64.1 Å². The third kappa shape index (κ3) is 8.49. The van der Waals surface area contributed by atoms with Gasteiger partial charge in [-0.3, -0.25) is 29.3 Å². The number of piperazine rings is 1. The molecule has 0 spiro atoms. The number of nitrogens with one attached hydrogen (secondary N) is 2. The van der Waals surface area contributed by atoms with E-state index >= 15 is 0 Å². The van der Waals surface area contributed by atoms with Crippen LogP contribution in [0.15, 0.2) is 42.5 Å². The van der Waals surface area contributed by atoms with E-state index < -0.39 is 5.91 Å². The van der Waals surface area contributed by atoms with Crippen molar-refractivity contribution in [1.29, 1.82) is 0 Å². The van der Waals surface area contributed by atoms with Crippen LogP contribution in [-0.2, 0) is 19.6 Å². The zero-order chi connectivity index (χ0) is 39.2. The smallest absolute Gasteiger partial charge is 0.276 e. The Morgan fingerprint density at radius 3 is 2.25 bits per heavy atom. The number of nitrogens with two attached hydrogens (primary N) is 1. The third-order valence-electron chi connectivity index (χ3n) is 9.92. The summed E-state index contributed by atoms with van der Waals surface area (Å²) in [5.41, 5.74) is 10.0. The Labute approximate surface area is 320 Å². The van der Waals surface area contributed by atoms with E-state index in [4.69, 9.17) is 20.2 Å². The second-order valence-electron chi connectivity index (χ2n) is 13.8. The maximum Gasteiger partial charge on any atom is 0.276 e. The van der Waals surface area contributed by atoms with E-state index in [0.717, 1.165) is 56.6 Å². The normalized spacial score (nSPS) is 14.0. The molecule has 55 heavy (non-hydrogen) atoms. The molecule has 292 valence electrons. The van der Waals surface area contributed by atoms with Crippen LogP contribution in [0.5, 0.6) is 11.5 Å². The SMILES string of the molecule is CCn1nc(C)cc1C(=O)Nc1nc2cc(C(N)=O)cc(OCCCN3CCN(C(C)C)CC3)c2n1C/C=C/Cn1c(NC)nc2cc(C=O)cc(OC)c21. The summed E-state index contributed by atoms with van der Waals surface area (Å²) >= 11 is 0. The van der Waals surface area contributed by atoms with Gasteiger partial charge in [-0.25, -0.2) is 9.97 Å². The van der Waals surface area contributed by atoms with E-state index in [9.17, 15) is 14.4 Å². The van der Waals surface area contributed by atoms with E-state index in [0.29, 0.717) is 77.5 Å². The summed E-state index contributed by atoms with van der Waals surface area (Å²) < 4.78 is 17.5. The topological polar surface area (TPSA) is 180 Å². The number of hydrogen-bond donors (Lipinski definition) is 3. The molecule has 1 aliphatic heterocycles. The highest BCUT2D eigenvalue weighted by Gasteiger charge is 2.23. The number of amides is 2. The number of fused-ring (bicyclic) bond motifs is 2. The van der Waals surface area contributed by atoms with Crippen LogP contribution >= 0.6 is 0 Å². The minimum atomic E-state index is -0.610. The lowest BCUT2D eigenvalue weighted by molar-refractivity contribution is 0.0995. The number of rotatable bonds is 17. The van der Waals surface area contributed by atoms with Gasteiger partial charge in [0, 0.05) is 76.6 Å². The van der Waals surface area contributed by atoms with Crippen molar-refractivity contribution in [2.24, 2.45) is 5.73 Å². The Kier molecular flexibility index (Phi) is 12.2. The molecule has 2 amide bonds. The average molecular weight is 754 g/mol. The zero-order valence-corrected chi connectivity index (χ0v) is 32.5. The first kappa shape index (κ1) is 39.0. The molecule has 6 rings (SSSR count). The lowest BCUT2D eigenvalue weighted by atomic mass is 10.1. The molecule has 16 heteroatoms. The summed E-state index contributed by atoms with van der Waals surface area (Å²) in [7, 11) is 3.34. The number of aldehydes is 1. The number of primary amides is 1. The molecule has 0 saturated carbocycles. The van der Waals surface area contributed by atoms with Crippen molar-refractivity contribution in [3.8, 4) is 11.5 Å². The van der Waals surface area contributed by atoms with Crippen molar-refractivity contribution in [2.45, 2.75) is 59.8 Å². The van der Waals surface area contributed by atoms with Crippen LogP contribution in [0.25, 0.3) is 22.1 Å². The van der Waals surface area contributed by atoms with Gasteiger partial charge >= 0.3 is 0 Å². The number of nitrogens with zero attached hydrogens (tertiary/aromatic N) is 8. The van der Waals surface area contributed by atoms with Gasteiger partial charge in [-0.05, 0) is 64.4 Å². The fraction of sp³-hybridized carbons (Fsp3) is 0.436. The number of carbonyl (C=O) groups is 3. The predicted octanol–water partition coefficient (Wildman–Crippen LogP) is 4.18. The highest BCUT2D eigenvalue weighted by molar-refractivity contribution is 6.04. The lowest BCUT2D eigenvalue weighted by Crippen LogP contribution is -2.49. The van der Waals surface area contributed by atoms with Crippen molar-refractivity contribution in [3.63, 3.8) is 0 Å². The molecule has 1 saturated heterocycles. The maximum atomic E-state index is 13.7. The van der Waals surface area contributed by atoms with E-state index in [1.807, 2.05) is 35.1 Å². The number of imidazole rings is 2. The first-order valence-electron chi connectivity index (χ1n) is 18.7. The molecule has 0 atom stereocenters. The number of allylic oxidation sites excluding steroid dienone is 2. The molecule has 3 aromatic heterocycles. The van der Waals surface area contributed by atoms with Gasteiger partial charge in [0.15, 0.2) is 0 Å². The molecule has 0 bridgehead atoms. The van der Waals surface area contributed by atoms with Gasteiger partial charge in [0.2, 0.25) is 17.8 Å². The van der Waals surface area contributed by atoms with Gasteiger partial charge in [0.1, 0.15) is 34.5 Å². The highest BCUT2D eigenvalue weighted by atomic mass is 16.5.